The minimum absolute atomic E-state index is 0.0555. The number of hydrogen-bond donors (Lipinski definition) is 2. The zero-order chi connectivity index (χ0) is 23.1. The molecular formula is C23H24FN5O4. The Morgan fingerprint density at radius 1 is 1.06 bits per heavy atom. The van der Waals surface area contributed by atoms with Gasteiger partial charge in [-0.2, -0.15) is 4.52 Å². The fourth-order valence-electron chi connectivity index (χ4n) is 4.08. The summed E-state index contributed by atoms with van der Waals surface area (Å²) in [6.07, 6.45) is 0.867. The van der Waals surface area contributed by atoms with Crippen LogP contribution in [0.1, 0.15) is 30.1 Å². The first-order chi connectivity index (χ1) is 16.0. The molecule has 9 nitrogen and oxygen atoms in total. The second-order valence-corrected chi connectivity index (χ2v) is 8.00. The van der Waals surface area contributed by atoms with E-state index in [1.54, 1.807) is 18.7 Å². The summed E-state index contributed by atoms with van der Waals surface area (Å²) in [5.74, 6) is 2.30. The highest BCUT2D eigenvalue weighted by Gasteiger charge is 2.32. The van der Waals surface area contributed by atoms with E-state index >= 15 is 0 Å². The molecule has 2 aromatic carbocycles. The number of aliphatic hydroxyl groups excluding tert-OH is 1. The highest BCUT2D eigenvalue weighted by Crippen LogP contribution is 2.37. The molecule has 1 fully saturated rings. The van der Waals surface area contributed by atoms with Crippen molar-refractivity contribution in [3.63, 3.8) is 0 Å². The molecule has 0 unspecified atom stereocenters. The molecule has 1 aliphatic carbocycles. The molecular weight excluding hydrogens is 429 g/mol. The van der Waals surface area contributed by atoms with Gasteiger partial charge >= 0.3 is 0 Å². The van der Waals surface area contributed by atoms with Crippen molar-refractivity contribution >= 4 is 22.5 Å². The highest BCUT2D eigenvalue weighted by atomic mass is 19.1. The minimum atomic E-state index is -0.449. The molecule has 1 aliphatic rings. The van der Waals surface area contributed by atoms with E-state index in [0.717, 1.165) is 5.56 Å². The molecule has 0 aliphatic heterocycles. The van der Waals surface area contributed by atoms with E-state index < -0.39 is 5.82 Å². The van der Waals surface area contributed by atoms with Gasteiger partial charge in [0.05, 0.1) is 32.8 Å². The molecule has 0 bridgehead atoms. The first-order valence-electron chi connectivity index (χ1n) is 10.6. The van der Waals surface area contributed by atoms with Crippen molar-refractivity contribution in [2.75, 3.05) is 26.6 Å². The highest BCUT2D eigenvalue weighted by molar-refractivity contribution is 5.96. The number of methoxy groups -OCH3 is 3. The lowest BCUT2D eigenvalue weighted by Crippen LogP contribution is -2.27. The number of benzene rings is 2. The molecule has 10 heteroatoms. The number of hydrogen-bond acceptors (Lipinski definition) is 8. The number of anilines is 1. The van der Waals surface area contributed by atoms with Crippen molar-refractivity contribution in [1.82, 2.24) is 19.6 Å². The molecule has 2 N–H and O–H groups in total. The predicted molar refractivity (Wildman–Crippen MR) is 120 cm³/mol. The van der Waals surface area contributed by atoms with Crippen molar-refractivity contribution in [2.24, 2.45) is 0 Å². The van der Waals surface area contributed by atoms with E-state index in [1.807, 2.05) is 18.2 Å². The summed E-state index contributed by atoms with van der Waals surface area (Å²) in [4.78, 5) is 9.38. The summed E-state index contributed by atoms with van der Waals surface area (Å²) >= 11 is 0. The number of aromatic nitrogens is 4. The van der Waals surface area contributed by atoms with Gasteiger partial charge in [0, 0.05) is 30.2 Å². The van der Waals surface area contributed by atoms with Crippen LogP contribution in [0, 0.1) is 5.82 Å². The van der Waals surface area contributed by atoms with Crippen LogP contribution in [-0.2, 0) is 6.54 Å². The average Bonchev–Trinajstić information content (AvgIpc) is 3.25. The van der Waals surface area contributed by atoms with E-state index in [1.165, 1.54) is 19.2 Å². The van der Waals surface area contributed by atoms with Crippen LogP contribution >= 0.6 is 0 Å². The van der Waals surface area contributed by atoms with Crippen LogP contribution in [0.25, 0.3) is 16.6 Å². The molecule has 0 radical (unpaired) electrons. The van der Waals surface area contributed by atoms with Crippen molar-refractivity contribution in [3.8, 4) is 17.2 Å². The third-order valence-corrected chi connectivity index (χ3v) is 5.95. The quantitative estimate of drug-likeness (QED) is 0.440. The smallest absolute Gasteiger partial charge is 0.226 e. The van der Waals surface area contributed by atoms with Crippen LogP contribution in [0.5, 0.6) is 17.2 Å². The topological polar surface area (TPSA) is 103 Å². The summed E-state index contributed by atoms with van der Waals surface area (Å²) in [6.45, 7) is 0.390. The molecule has 1 saturated carbocycles. The summed E-state index contributed by atoms with van der Waals surface area (Å²) in [7, 11) is 4.67. The fourth-order valence-corrected chi connectivity index (χ4v) is 4.08. The minimum Gasteiger partial charge on any atom is -0.497 e. The van der Waals surface area contributed by atoms with Crippen molar-refractivity contribution in [3.05, 3.63) is 47.5 Å². The van der Waals surface area contributed by atoms with Gasteiger partial charge in [0.1, 0.15) is 28.6 Å². The van der Waals surface area contributed by atoms with Gasteiger partial charge in [-0.05, 0) is 31.0 Å². The Bertz CT molecular complexity index is 1340. The molecule has 0 atom stereocenters. The Labute approximate surface area is 189 Å². The number of halogens is 1. The first kappa shape index (κ1) is 21.2. The third kappa shape index (κ3) is 3.76. The summed E-state index contributed by atoms with van der Waals surface area (Å²) in [5, 5.41) is 18.1. The molecule has 0 spiro atoms. The second-order valence-electron chi connectivity index (χ2n) is 8.00. The summed E-state index contributed by atoms with van der Waals surface area (Å²) in [5.41, 5.74) is 1.84. The molecule has 0 amide bonds. The predicted octanol–water partition coefficient (Wildman–Crippen LogP) is 3.29. The monoisotopic (exact) mass is 453 g/mol. The maximum atomic E-state index is 14.3. The van der Waals surface area contributed by atoms with Gasteiger partial charge in [-0.25, -0.2) is 14.4 Å². The van der Waals surface area contributed by atoms with Crippen molar-refractivity contribution in [2.45, 2.75) is 31.4 Å². The Morgan fingerprint density at radius 2 is 1.85 bits per heavy atom. The summed E-state index contributed by atoms with van der Waals surface area (Å²) < 4.78 is 32.0. The van der Waals surface area contributed by atoms with Gasteiger partial charge in [-0.3, -0.25) is 0 Å². The Morgan fingerprint density at radius 3 is 2.55 bits per heavy atom. The lowest BCUT2D eigenvalue weighted by Gasteiger charge is -2.28. The van der Waals surface area contributed by atoms with E-state index in [4.69, 9.17) is 19.2 Å². The van der Waals surface area contributed by atoms with Crippen molar-refractivity contribution in [1.29, 1.82) is 0 Å². The van der Waals surface area contributed by atoms with Crippen LogP contribution in [0.4, 0.5) is 10.3 Å². The zero-order valence-corrected chi connectivity index (χ0v) is 18.5. The zero-order valence-electron chi connectivity index (χ0n) is 18.5. The molecule has 0 saturated heterocycles. The molecule has 2 heterocycles. The van der Waals surface area contributed by atoms with E-state index in [9.17, 15) is 9.50 Å². The number of nitrogens with zero attached hydrogens (tertiary/aromatic N) is 4. The van der Waals surface area contributed by atoms with Crippen molar-refractivity contribution < 1.29 is 23.7 Å². The average molecular weight is 453 g/mol. The van der Waals surface area contributed by atoms with Gasteiger partial charge < -0.3 is 24.6 Å². The van der Waals surface area contributed by atoms with Gasteiger partial charge in [0.25, 0.3) is 0 Å². The van der Waals surface area contributed by atoms with E-state index in [0.29, 0.717) is 65.0 Å². The maximum Gasteiger partial charge on any atom is 0.226 e. The van der Waals surface area contributed by atoms with Gasteiger partial charge in [-0.15, -0.1) is 5.10 Å². The van der Waals surface area contributed by atoms with Crippen LogP contribution < -0.4 is 19.5 Å². The molecule has 5 rings (SSSR count). The van der Waals surface area contributed by atoms with Gasteiger partial charge in [0.15, 0.2) is 11.5 Å². The van der Waals surface area contributed by atoms with Crippen LogP contribution in [-0.4, -0.2) is 52.1 Å². The van der Waals surface area contributed by atoms with Crippen LogP contribution in [0.3, 0.4) is 0 Å². The Hall–Kier alpha value is -3.66. The largest absolute Gasteiger partial charge is 0.497 e. The fraction of sp³-hybridized carbons (Fsp3) is 0.348. The molecule has 33 heavy (non-hydrogen) atoms. The van der Waals surface area contributed by atoms with E-state index in [2.05, 4.69) is 15.4 Å². The number of fused-ring (bicyclic) bond motifs is 3. The first-order valence-corrected chi connectivity index (χ1v) is 10.6. The number of ether oxygens (including phenoxy) is 3. The number of nitrogens with one attached hydrogen (secondary N) is 1. The Kier molecular flexibility index (Phi) is 5.37. The van der Waals surface area contributed by atoms with Crippen LogP contribution in [0.2, 0.25) is 0 Å². The maximum absolute atomic E-state index is 14.3. The van der Waals surface area contributed by atoms with E-state index in [-0.39, 0.29) is 12.0 Å². The number of aliphatic hydroxyl groups is 1. The summed E-state index contributed by atoms with van der Waals surface area (Å²) in [6, 6.07) is 8.24. The molecule has 4 aromatic rings. The van der Waals surface area contributed by atoms with Gasteiger partial charge in [-0.1, -0.05) is 0 Å². The van der Waals surface area contributed by atoms with Gasteiger partial charge in [0.2, 0.25) is 5.95 Å². The lowest BCUT2D eigenvalue weighted by atomic mass is 9.82. The lowest BCUT2D eigenvalue weighted by molar-refractivity contribution is 0.0717. The normalized spacial score (nSPS) is 17.7. The standard InChI is InChI=1S/C23H24FN5O4/c1-31-16-5-4-12(18(10-16)32-2)11-25-23-26-20-17(8-14(24)9-19(20)33-3)22-27-21(28-29(22)23)13-6-15(30)7-13/h4-5,8-10,13,15,30H,6-7,11H2,1-3H3,(H,25,26). The number of rotatable bonds is 7. The second kappa shape index (κ2) is 8.36. The Balaban J connectivity index is 1.60. The molecule has 2 aromatic heterocycles. The van der Waals surface area contributed by atoms with Crippen LogP contribution in [0.15, 0.2) is 30.3 Å². The molecule has 172 valence electrons. The SMILES string of the molecule is COc1ccc(CNc2nc3c(OC)cc(F)cc3c3nc(C4CC(O)C4)nn23)c(OC)c1. The third-order valence-electron chi connectivity index (χ3n) is 5.95.